The van der Waals surface area contributed by atoms with E-state index in [9.17, 15) is 14.4 Å². The minimum Gasteiger partial charge on any atom is -0.496 e. The summed E-state index contributed by atoms with van der Waals surface area (Å²) in [7, 11) is 1.57. The first kappa shape index (κ1) is 30.1. The zero-order chi connectivity index (χ0) is 27.9. The van der Waals surface area contributed by atoms with E-state index in [1.54, 1.807) is 48.1 Å². The third-order valence-electron chi connectivity index (χ3n) is 6.02. The molecule has 0 N–H and O–H groups in total. The lowest BCUT2D eigenvalue weighted by molar-refractivity contribution is -0.162. The average molecular weight is 622 g/mol. The number of amides is 2. The lowest BCUT2D eigenvalue weighted by Gasteiger charge is -2.39. The zero-order valence-electron chi connectivity index (χ0n) is 22.3. The predicted octanol–water partition coefficient (Wildman–Crippen LogP) is 4.92. The molecular weight excluding hydrogens is 588 g/mol. The largest absolute Gasteiger partial charge is 0.496 e. The Kier molecular flexibility index (Phi) is 10.7. The number of thiophene rings is 1. The molecule has 1 aliphatic rings. The normalized spacial score (nSPS) is 14.7. The summed E-state index contributed by atoms with van der Waals surface area (Å²) >= 11 is 6.69. The highest BCUT2D eigenvalue weighted by atomic mass is 79.9. The van der Waals surface area contributed by atoms with Crippen LogP contribution in [0.15, 0.2) is 34.1 Å². The molecule has 0 aliphatic carbocycles. The molecule has 2 aromatic rings. The second-order valence-corrected chi connectivity index (χ2v) is 12.5. The van der Waals surface area contributed by atoms with Gasteiger partial charge in [0.25, 0.3) is 0 Å². The van der Waals surface area contributed by atoms with Crippen molar-refractivity contribution in [1.29, 1.82) is 0 Å². The second-order valence-electron chi connectivity index (χ2n) is 9.55. The maximum atomic E-state index is 13.7. The number of esters is 1. The Labute approximate surface area is 241 Å². The molecule has 1 unspecified atom stereocenters. The van der Waals surface area contributed by atoms with Crippen LogP contribution in [0.3, 0.4) is 0 Å². The van der Waals surface area contributed by atoms with Gasteiger partial charge in [0.1, 0.15) is 5.75 Å². The molecule has 10 heteroatoms. The summed E-state index contributed by atoms with van der Waals surface area (Å²) in [6.07, 6.45) is 0.488. The van der Waals surface area contributed by atoms with Gasteiger partial charge < -0.3 is 19.3 Å². The number of ether oxygens (including phenoxy) is 2. The van der Waals surface area contributed by atoms with Crippen molar-refractivity contribution in [3.63, 3.8) is 0 Å². The summed E-state index contributed by atoms with van der Waals surface area (Å²) < 4.78 is 11.4. The fourth-order valence-corrected chi connectivity index (χ4v) is 5.95. The van der Waals surface area contributed by atoms with Gasteiger partial charge in [-0.3, -0.25) is 9.59 Å². The number of rotatable bonds is 7. The van der Waals surface area contributed by atoms with Crippen LogP contribution in [0.2, 0.25) is 0 Å². The minimum absolute atomic E-state index is 0.165. The number of hydrogen-bond acceptors (Lipinski definition) is 7. The number of carbonyl (C=O) groups excluding carboxylic acids is 3. The van der Waals surface area contributed by atoms with Gasteiger partial charge in [0.15, 0.2) is 6.04 Å². The number of halogens is 1. The quantitative estimate of drug-likeness (QED) is 0.189. The summed E-state index contributed by atoms with van der Waals surface area (Å²) in [5, 5.41) is 1.99. The smallest absolute Gasteiger partial charge is 0.333 e. The molecule has 7 nitrogen and oxygen atoms in total. The Morgan fingerprint density at radius 1 is 1.29 bits per heavy atom. The van der Waals surface area contributed by atoms with Gasteiger partial charge in [-0.1, -0.05) is 17.9 Å². The standard InChI is InChI=1S/C28H33BrN2O5S2/c1-6-36-27(34)24-21-18-22(29)23(35-5)17-19(21)11-12-30(24)25(32)26(33)31(28(2,3)4)13-16-37-14-7-9-20-10-8-15-38-20/h8,10,15,17-18,24H,6,11-14,16H2,1-5H3. The van der Waals surface area contributed by atoms with Crippen LogP contribution in [-0.2, 0) is 25.5 Å². The molecule has 1 aromatic heterocycles. The molecule has 0 bridgehead atoms. The number of methoxy groups -OCH3 is 1. The first-order valence-electron chi connectivity index (χ1n) is 12.3. The maximum Gasteiger partial charge on any atom is 0.333 e. The molecule has 38 heavy (non-hydrogen) atoms. The second kappa shape index (κ2) is 13.5. The molecule has 2 amide bonds. The highest BCUT2D eigenvalue weighted by Crippen LogP contribution is 2.38. The molecule has 3 rings (SSSR count). The SMILES string of the molecule is CCOC(=O)C1c2cc(Br)c(OC)cc2CCN1C(=O)C(=O)N(CCSCC#Cc1cccs1)C(C)(C)C. The first-order valence-corrected chi connectivity index (χ1v) is 15.2. The van der Waals surface area contributed by atoms with Gasteiger partial charge in [-0.15, -0.1) is 23.1 Å². The molecule has 0 saturated heterocycles. The number of fused-ring (bicyclic) bond motifs is 1. The molecule has 1 aromatic carbocycles. The van der Waals surface area contributed by atoms with Gasteiger partial charge in [0.05, 0.1) is 28.8 Å². The summed E-state index contributed by atoms with van der Waals surface area (Å²) in [5.41, 5.74) is 0.928. The van der Waals surface area contributed by atoms with E-state index in [1.807, 2.05) is 44.4 Å². The topological polar surface area (TPSA) is 76.1 Å². The van der Waals surface area contributed by atoms with Crippen molar-refractivity contribution in [2.45, 2.75) is 45.7 Å². The summed E-state index contributed by atoms with van der Waals surface area (Å²) in [6, 6.07) is 6.56. The number of thioether (sulfide) groups is 1. The van der Waals surface area contributed by atoms with Crippen LogP contribution >= 0.6 is 39.0 Å². The van der Waals surface area contributed by atoms with Crippen molar-refractivity contribution in [3.05, 3.63) is 50.1 Å². The monoisotopic (exact) mass is 620 g/mol. The Morgan fingerprint density at radius 2 is 2.05 bits per heavy atom. The maximum absolute atomic E-state index is 13.7. The number of benzene rings is 1. The molecule has 0 fully saturated rings. The van der Waals surface area contributed by atoms with Crippen molar-refractivity contribution in [3.8, 4) is 17.6 Å². The van der Waals surface area contributed by atoms with Crippen molar-refractivity contribution < 1.29 is 23.9 Å². The van der Waals surface area contributed by atoms with Crippen LogP contribution in [0.1, 0.15) is 49.7 Å². The van der Waals surface area contributed by atoms with E-state index in [-0.39, 0.29) is 13.2 Å². The van der Waals surface area contributed by atoms with Gasteiger partial charge in [0.2, 0.25) is 0 Å². The third-order valence-corrected chi connectivity index (χ3v) is 8.24. The molecule has 0 radical (unpaired) electrons. The predicted molar refractivity (Wildman–Crippen MR) is 155 cm³/mol. The first-order chi connectivity index (χ1) is 18.1. The van der Waals surface area contributed by atoms with Crippen molar-refractivity contribution >= 4 is 56.8 Å². The Balaban J connectivity index is 1.77. The fraction of sp³-hybridized carbons (Fsp3) is 0.464. The van der Waals surface area contributed by atoms with Crippen LogP contribution in [0.5, 0.6) is 5.75 Å². The lowest BCUT2D eigenvalue weighted by Crippen LogP contribution is -2.55. The van der Waals surface area contributed by atoms with E-state index in [0.29, 0.717) is 40.3 Å². The summed E-state index contributed by atoms with van der Waals surface area (Å²) in [5.74, 6) is 6.26. The van der Waals surface area contributed by atoms with E-state index >= 15 is 0 Å². The van der Waals surface area contributed by atoms with Gasteiger partial charge in [-0.05, 0) is 84.8 Å². The van der Waals surface area contributed by atoms with Gasteiger partial charge in [-0.2, -0.15) is 0 Å². The summed E-state index contributed by atoms with van der Waals surface area (Å²) in [6.45, 7) is 8.18. The fourth-order valence-electron chi connectivity index (χ4n) is 4.20. The number of carbonyl (C=O) groups is 3. The Morgan fingerprint density at radius 3 is 2.68 bits per heavy atom. The van der Waals surface area contributed by atoms with E-state index < -0.39 is 29.4 Å². The molecule has 0 spiro atoms. The minimum atomic E-state index is -1.01. The molecule has 1 aliphatic heterocycles. The zero-order valence-corrected chi connectivity index (χ0v) is 25.6. The van der Waals surface area contributed by atoms with Crippen LogP contribution < -0.4 is 4.74 Å². The molecule has 1 atom stereocenters. The molecular formula is C28H33BrN2O5S2. The highest BCUT2D eigenvalue weighted by Gasteiger charge is 2.42. The van der Waals surface area contributed by atoms with Crippen molar-refractivity contribution in [2.24, 2.45) is 0 Å². The van der Waals surface area contributed by atoms with Gasteiger partial charge in [-0.25, -0.2) is 4.79 Å². The van der Waals surface area contributed by atoms with Crippen LogP contribution in [0.25, 0.3) is 0 Å². The Bertz CT molecular complexity index is 1210. The number of hydrogen-bond donors (Lipinski definition) is 0. The lowest BCUT2D eigenvalue weighted by atomic mass is 9.92. The third kappa shape index (κ3) is 7.33. The van der Waals surface area contributed by atoms with Crippen LogP contribution in [-0.4, -0.2) is 71.4 Å². The molecule has 0 saturated carbocycles. The van der Waals surface area contributed by atoms with E-state index in [0.717, 1.165) is 10.4 Å². The van der Waals surface area contributed by atoms with Crippen LogP contribution in [0.4, 0.5) is 0 Å². The van der Waals surface area contributed by atoms with Gasteiger partial charge >= 0.3 is 17.8 Å². The number of nitrogens with zero attached hydrogens (tertiary/aromatic N) is 2. The average Bonchev–Trinajstić information content (AvgIpc) is 3.39. The molecule has 2 heterocycles. The van der Waals surface area contributed by atoms with E-state index in [1.165, 1.54) is 4.90 Å². The molecule has 204 valence electrons. The van der Waals surface area contributed by atoms with Crippen LogP contribution in [0, 0.1) is 11.8 Å². The Hall–Kier alpha value is -2.48. The summed E-state index contributed by atoms with van der Waals surface area (Å²) in [4.78, 5) is 44.3. The van der Waals surface area contributed by atoms with Gasteiger partial charge in [0, 0.05) is 24.4 Å². The highest BCUT2D eigenvalue weighted by molar-refractivity contribution is 9.10. The van der Waals surface area contributed by atoms with E-state index in [4.69, 9.17) is 9.47 Å². The van der Waals surface area contributed by atoms with Crippen molar-refractivity contribution in [2.75, 3.05) is 38.3 Å². The van der Waals surface area contributed by atoms with E-state index in [2.05, 4.69) is 27.8 Å². The van der Waals surface area contributed by atoms with Crippen molar-refractivity contribution in [1.82, 2.24) is 9.80 Å².